The minimum atomic E-state index is -0.492. The maximum atomic E-state index is 12.6. The Hall–Kier alpha value is -2.70. The largest absolute Gasteiger partial charge is 0.354 e. The molecule has 4 rings (SSSR count). The van der Waals surface area contributed by atoms with Crippen LogP contribution in [-0.2, 0) is 4.79 Å². The van der Waals surface area contributed by atoms with E-state index in [1.165, 1.54) is 10.6 Å². The van der Waals surface area contributed by atoms with Gasteiger partial charge in [-0.2, -0.15) is 9.61 Å². The van der Waals surface area contributed by atoms with Crippen molar-refractivity contribution in [2.24, 2.45) is 5.73 Å². The SMILES string of the molecule is [B]c1nc([B])c(-c2nn3c(=O)cc(N4CCNCC4)nc3s2)c([B])c1NC(=O)CN. The lowest BCUT2D eigenvalue weighted by atomic mass is 9.80. The first-order valence-electron chi connectivity index (χ1n) is 9.10. The number of nitrogens with two attached hydrogens (primary N) is 1. The van der Waals surface area contributed by atoms with E-state index in [9.17, 15) is 9.59 Å². The number of rotatable bonds is 4. The van der Waals surface area contributed by atoms with Crippen LogP contribution in [0.15, 0.2) is 10.9 Å². The van der Waals surface area contributed by atoms with Gasteiger partial charge in [0.2, 0.25) is 10.9 Å². The van der Waals surface area contributed by atoms with E-state index in [0.29, 0.717) is 15.8 Å². The van der Waals surface area contributed by atoms with Gasteiger partial charge in [0.1, 0.15) is 34.4 Å². The van der Waals surface area contributed by atoms with Gasteiger partial charge in [-0.1, -0.05) is 16.8 Å². The average Bonchev–Trinajstić information content (AvgIpc) is 3.15. The van der Waals surface area contributed by atoms with Gasteiger partial charge < -0.3 is 21.3 Å². The number of nitrogens with zero attached hydrogens (tertiary/aromatic N) is 5. The molecule has 1 aliphatic heterocycles. The zero-order valence-electron chi connectivity index (χ0n) is 15.9. The van der Waals surface area contributed by atoms with E-state index in [0.717, 1.165) is 37.5 Å². The van der Waals surface area contributed by atoms with Crippen LogP contribution in [0, 0.1) is 0 Å². The van der Waals surface area contributed by atoms with Gasteiger partial charge in [0.15, 0.2) is 0 Å². The molecule has 0 bridgehead atoms. The van der Waals surface area contributed by atoms with E-state index >= 15 is 0 Å². The third kappa shape index (κ3) is 3.73. The van der Waals surface area contributed by atoms with Gasteiger partial charge in [0.25, 0.3) is 5.56 Å². The lowest BCUT2D eigenvalue weighted by Gasteiger charge is -2.27. The lowest BCUT2D eigenvalue weighted by molar-refractivity contribution is -0.114. The monoisotopic (exact) mass is 416 g/mol. The summed E-state index contributed by atoms with van der Waals surface area (Å²) in [6, 6.07) is 1.45. The van der Waals surface area contributed by atoms with Gasteiger partial charge in [-0.15, -0.1) is 0 Å². The van der Waals surface area contributed by atoms with Crippen molar-refractivity contribution in [1.82, 2.24) is 24.9 Å². The first-order valence-corrected chi connectivity index (χ1v) is 9.92. The van der Waals surface area contributed by atoms with Crippen molar-refractivity contribution in [3.8, 4) is 10.6 Å². The van der Waals surface area contributed by atoms with Crippen LogP contribution in [-0.4, -0.2) is 81.8 Å². The summed E-state index contributed by atoms with van der Waals surface area (Å²) in [6.45, 7) is 2.88. The number of hydrogen-bond donors (Lipinski definition) is 3. The molecule has 3 aromatic rings. The Morgan fingerprint density at radius 3 is 2.67 bits per heavy atom. The van der Waals surface area contributed by atoms with Crippen molar-refractivity contribution in [3.05, 3.63) is 16.4 Å². The van der Waals surface area contributed by atoms with Crippen LogP contribution >= 0.6 is 11.3 Å². The quantitative estimate of drug-likeness (QED) is 0.367. The summed E-state index contributed by atoms with van der Waals surface area (Å²) < 4.78 is 1.18. The molecule has 0 unspecified atom stereocenters. The summed E-state index contributed by atoms with van der Waals surface area (Å²) in [6.07, 6.45) is 0. The highest BCUT2D eigenvalue weighted by molar-refractivity contribution is 7.20. The van der Waals surface area contributed by atoms with Crippen LogP contribution in [0.4, 0.5) is 11.5 Å². The molecule has 1 amide bonds. The minimum absolute atomic E-state index is 0.0187. The van der Waals surface area contributed by atoms with E-state index in [1.807, 2.05) is 4.90 Å². The first kappa shape index (κ1) is 20.6. The Bertz CT molecular complexity index is 1190. The predicted molar refractivity (Wildman–Crippen MR) is 119 cm³/mol. The molecule has 0 spiro atoms. The number of aromatic nitrogens is 4. The summed E-state index contributed by atoms with van der Waals surface area (Å²) >= 11 is 1.13. The molecule has 4 N–H and O–H groups in total. The fraction of sp³-hybridized carbons (Fsp3) is 0.312. The van der Waals surface area contributed by atoms with Crippen LogP contribution in [0.3, 0.4) is 0 Å². The molecule has 1 aliphatic rings. The summed E-state index contributed by atoms with van der Waals surface area (Å²) in [5.74, 6) is 0.0951. The molecule has 0 saturated carbocycles. The van der Waals surface area contributed by atoms with Crippen LogP contribution < -0.4 is 43.5 Å². The maximum absolute atomic E-state index is 12.6. The smallest absolute Gasteiger partial charge is 0.277 e. The molecule has 146 valence electrons. The third-order valence-electron chi connectivity index (χ3n) is 4.63. The normalized spacial score (nSPS) is 14.2. The molecule has 4 heterocycles. The van der Waals surface area contributed by atoms with Gasteiger partial charge in [-0.3, -0.25) is 14.6 Å². The second-order valence-corrected chi connectivity index (χ2v) is 7.55. The van der Waals surface area contributed by atoms with E-state index in [2.05, 4.69) is 25.7 Å². The number of amides is 1. The summed E-state index contributed by atoms with van der Waals surface area (Å²) in [5.41, 5.74) is 5.42. The third-order valence-corrected chi connectivity index (χ3v) is 5.55. The zero-order valence-corrected chi connectivity index (χ0v) is 16.7. The number of carbonyl (C=O) groups excluding carboxylic acids is 1. The molecular formula is C16H15B3N8O2S. The van der Waals surface area contributed by atoms with Crippen LogP contribution in [0.1, 0.15) is 0 Å². The number of pyridine rings is 1. The lowest BCUT2D eigenvalue weighted by Crippen LogP contribution is -2.44. The topological polar surface area (TPSA) is 131 Å². The average molecular weight is 416 g/mol. The zero-order chi connectivity index (χ0) is 21.4. The highest BCUT2D eigenvalue weighted by Gasteiger charge is 2.20. The number of fused-ring (bicyclic) bond motifs is 1. The standard InChI is InChI=1S/C16H15B3N8O2S/c17-11-10(13(18)24-14(19)12(11)23-8(28)6-20)15-25-27-9(29)5-7(22-16(27)30-15)26-3-1-21-2-4-26/h5,21H,1-4,6,20H2,(H,23,28). The number of piperazine rings is 1. The van der Waals surface area contributed by atoms with Gasteiger partial charge in [-0.25, -0.2) is 4.98 Å². The summed E-state index contributed by atoms with van der Waals surface area (Å²) in [7, 11) is 18.1. The molecule has 14 heteroatoms. The first-order chi connectivity index (χ1) is 14.4. The molecule has 6 radical (unpaired) electrons. The summed E-state index contributed by atoms with van der Waals surface area (Å²) in [4.78, 5) is 35.4. The number of anilines is 2. The Balaban J connectivity index is 1.81. The second-order valence-electron chi connectivity index (χ2n) is 6.59. The molecule has 0 atom stereocenters. The Labute approximate surface area is 179 Å². The van der Waals surface area contributed by atoms with Gasteiger partial charge in [-0.05, 0) is 5.59 Å². The Kier molecular flexibility index (Phi) is 5.63. The Morgan fingerprint density at radius 2 is 1.97 bits per heavy atom. The van der Waals surface area contributed by atoms with Gasteiger partial charge in [0.05, 0.1) is 6.54 Å². The highest BCUT2D eigenvalue weighted by Crippen LogP contribution is 2.23. The maximum Gasteiger partial charge on any atom is 0.277 e. The molecule has 30 heavy (non-hydrogen) atoms. The van der Waals surface area contributed by atoms with E-state index in [-0.39, 0.29) is 40.0 Å². The van der Waals surface area contributed by atoms with Crippen molar-refractivity contribution >= 4 is 73.9 Å². The van der Waals surface area contributed by atoms with Gasteiger partial charge >= 0.3 is 0 Å². The number of nitrogens with one attached hydrogen (secondary N) is 2. The number of carbonyl (C=O) groups is 1. The molecule has 1 saturated heterocycles. The second kappa shape index (κ2) is 8.21. The molecule has 3 aromatic heterocycles. The molecule has 0 aliphatic carbocycles. The van der Waals surface area contributed by atoms with Crippen LogP contribution in [0.25, 0.3) is 15.5 Å². The van der Waals surface area contributed by atoms with Crippen LogP contribution in [0.2, 0.25) is 0 Å². The van der Waals surface area contributed by atoms with Crippen molar-refractivity contribution in [2.45, 2.75) is 0 Å². The molecule has 10 nitrogen and oxygen atoms in total. The minimum Gasteiger partial charge on any atom is -0.354 e. The fourth-order valence-corrected chi connectivity index (χ4v) is 4.11. The van der Waals surface area contributed by atoms with Crippen molar-refractivity contribution in [3.63, 3.8) is 0 Å². The van der Waals surface area contributed by atoms with Gasteiger partial charge in [0, 0.05) is 49.1 Å². The molecule has 1 fully saturated rings. The molecule has 0 aromatic carbocycles. The highest BCUT2D eigenvalue weighted by atomic mass is 32.1. The van der Waals surface area contributed by atoms with Crippen molar-refractivity contribution in [1.29, 1.82) is 0 Å². The van der Waals surface area contributed by atoms with E-state index in [1.54, 1.807) is 0 Å². The van der Waals surface area contributed by atoms with E-state index < -0.39 is 5.91 Å². The Morgan fingerprint density at radius 1 is 1.23 bits per heavy atom. The van der Waals surface area contributed by atoms with E-state index in [4.69, 9.17) is 29.3 Å². The molecular weight excluding hydrogens is 401 g/mol. The number of hydrogen-bond acceptors (Lipinski definition) is 9. The van der Waals surface area contributed by atoms with Crippen molar-refractivity contribution < 1.29 is 4.79 Å². The summed E-state index contributed by atoms with van der Waals surface area (Å²) in [5, 5.41) is 10.4. The van der Waals surface area contributed by atoms with Crippen LogP contribution in [0.5, 0.6) is 0 Å². The predicted octanol–water partition coefficient (Wildman–Crippen LogP) is -4.10. The fourth-order valence-electron chi connectivity index (χ4n) is 3.15. The van der Waals surface area contributed by atoms with Crippen molar-refractivity contribution in [2.75, 3.05) is 42.9 Å².